The third-order valence-corrected chi connectivity index (χ3v) is 3.93. The number of aromatic amines is 1. The molecular weight excluding hydrogens is 364 g/mol. The predicted molar refractivity (Wildman–Crippen MR) is 102 cm³/mol. The average molecular weight is 388 g/mol. The maximum absolute atomic E-state index is 12.7. The fraction of sp³-hybridized carbons (Fsp3) is 0.350. The minimum atomic E-state index is -0.818. The van der Waals surface area contributed by atoms with Crippen molar-refractivity contribution in [3.05, 3.63) is 47.3 Å². The van der Waals surface area contributed by atoms with E-state index < -0.39 is 17.7 Å². The number of ketones is 1. The van der Waals surface area contributed by atoms with Gasteiger partial charge in [-0.25, -0.2) is 4.79 Å². The van der Waals surface area contributed by atoms with Crippen LogP contribution in [0, 0.1) is 6.92 Å². The summed E-state index contributed by atoms with van der Waals surface area (Å²) in [5.41, 5.74) is 1.67. The number of carbonyl (C=O) groups is 3. The number of Topliss-reactive ketones (excluding diaryl/α,β-unsaturated/α-hetero) is 1. The van der Waals surface area contributed by atoms with Gasteiger partial charge in [-0.15, -0.1) is 0 Å². The summed E-state index contributed by atoms with van der Waals surface area (Å²) in [5.74, 6) is -2.17. The Morgan fingerprint density at radius 2 is 1.86 bits per heavy atom. The molecule has 0 aliphatic rings. The van der Waals surface area contributed by atoms with Crippen LogP contribution in [0.3, 0.4) is 0 Å². The van der Waals surface area contributed by atoms with Gasteiger partial charge in [-0.2, -0.15) is 0 Å². The van der Waals surface area contributed by atoms with Gasteiger partial charge in [-0.1, -0.05) is 30.3 Å². The maximum atomic E-state index is 12.7. The number of aliphatic hydroxyl groups is 1. The number of aromatic nitrogens is 1. The van der Waals surface area contributed by atoms with Crippen molar-refractivity contribution in [1.29, 1.82) is 0 Å². The smallest absolute Gasteiger partial charge is 0.340 e. The van der Waals surface area contributed by atoms with Crippen LogP contribution in [0.4, 0.5) is 0 Å². The molecule has 0 aliphatic carbocycles. The number of H-pyrrole nitrogens is 1. The lowest BCUT2D eigenvalue weighted by Crippen LogP contribution is -2.34. The lowest BCUT2D eigenvalue weighted by Gasteiger charge is -2.08. The summed E-state index contributed by atoms with van der Waals surface area (Å²) in [6.07, 6.45) is 0. The second kappa shape index (κ2) is 10.4. The van der Waals surface area contributed by atoms with E-state index in [0.29, 0.717) is 16.8 Å². The lowest BCUT2D eigenvalue weighted by molar-refractivity contribution is -0.117. The van der Waals surface area contributed by atoms with E-state index in [9.17, 15) is 14.4 Å². The molecular formula is C20H24N2O6. The normalized spacial score (nSPS) is 10.5. The van der Waals surface area contributed by atoms with Crippen molar-refractivity contribution in [3.63, 3.8) is 0 Å². The summed E-state index contributed by atoms with van der Waals surface area (Å²) >= 11 is 0. The van der Waals surface area contributed by atoms with Crippen LogP contribution < -0.4 is 5.32 Å². The predicted octanol–water partition coefficient (Wildman–Crippen LogP) is 1.47. The topological polar surface area (TPSA) is 118 Å². The molecule has 8 heteroatoms. The summed E-state index contributed by atoms with van der Waals surface area (Å²) in [6, 6.07) is 8.87. The summed E-state index contributed by atoms with van der Waals surface area (Å²) < 4.78 is 10.2. The Kier molecular flexibility index (Phi) is 7.91. The van der Waals surface area contributed by atoms with Gasteiger partial charge in [0.05, 0.1) is 32.0 Å². The van der Waals surface area contributed by atoms with Gasteiger partial charge in [0.15, 0.2) is 0 Å². The molecule has 1 aromatic carbocycles. The molecule has 1 heterocycles. The fourth-order valence-corrected chi connectivity index (χ4v) is 2.74. The molecule has 1 aromatic heterocycles. The third-order valence-electron chi connectivity index (χ3n) is 3.93. The zero-order chi connectivity index (χ0) is 20.5. The molecule has 0 saturated carbocycles. The molecule has 28 heavy (non-hydrogen) atoms. The molecule has 0 saturated heterocycles. The molecule has 2 aromatic rings. The number of hydrogen-bond acceptors (Lipinski definition) is 6. The zero-order valence-corrected chi connectivity index (χ0v) is 15.9. The molecule has 8 nitrogen and oxygen atoms in total. The van der Waals surface area contributed by atoms with Crippen molar-refractivity contribution >= 4 is 17.7 Å². The number of hydrogen-bond donors (Lipinski definition) is 3. The van der Waals surface area contributed by atoms with E-state index in [-0.39, 0.29) is 44.2 Å². The van der Waals surface area contributed by atoms with Crippen LogP contribution in [0.1, 0.15) is 33.5 Å². The Morgan fingerprint density at radius 1 is 1.14 bits per heavy atom. The van der Waals surface area contributed by atoms with E-state index >= 15 is 0 Å². The average Bonchev–Trinajstić information content (AvgIpc) is 3.05. The maximum Gasteiger partial charge on any atom is 0.340 e. The number of aryl methyl sites for hydroxylation is 1. The molecule has 0 atom stereocenters. The summed E-state index contributed by atoms with van der Waals surface area (Å²) in [7, 11) is 0. The fourth-order valence-electron chi connectivity index (χ4n) is 2.74. The monoisotopic (exact) mass is 388 g/mol. The van der Waals surface area contributed by atoms with Crippen molar-refractivity contribution in [2.24, 2.45) is 0 Å². The molecule has 0 spiro atoms. The van der Waals surface area contributed by atoms with E-state index in [1.807, 2.05) is 6.07 Å². The zero-order valence-electron chi connectivity index (χ0n) is 15.9. The van der Waals surface area contributed by atoms with Crippen LogP contribution in [0.25, 0.3) is 11.1 Å². The first kappa shape index (κ1) is 21.3. The number of esters is 1. The van der Waals surface area contributed by atoms with Gasteiger partial charge in [0, 0.05) is 17.8 Å². The number of rotatable bonds is 10. The van der Waals surface area contributed by atoms with Crippen LogP contribution in [-0.2, 0) is 14.3 Å². The Hall–Kier alpha value is -2.97. The second-order valence-electron chi connectivity index (χ2n) is 5.88. The van der Waals surface area contributed by atoms with Gasteiger partial charge in [0.2, 0.25) is 0 Å². The molecule has 1 amide bonds. The Morgan fingerprint density at radius 3 is 2.50 bits per heavy atom. The first-order valence-corrected chi connectivity index (χ1v) is 8.97. The van der Waals surface area contributed by atoms with Gasteiger partial charge in [0.25, 0.3) is 11.7 Å². The van der Waals surface area contributed by atoms with Crippen molar-refractivity contribution in [2.45, 2.75) is 13.8 Å². The number of carbonyl (C=O) groups excluding carboxylic acids is 3. The summed E-state index contributed by atoms with van der Waals surface area (Å²) in [6.45, 7) is 3.86. The summed E-state index contributed by atoms with van der Waals surface area (Å²) in [5, 5.41) is 11.1. The first-order chi connectivity index (χ1) is 13.5. The minimum absolute atomic E-state index is 0.0283. The van der Waals surface area contributed by atoms with Crippen molar-refractivity contribution in [2.75, 3.05) is 33.0 Å². The van der Waals surface area contributed by atoms with Crippen LogP contribution in [0.2, 0.25) is 0 Å². The summed E-state index contributed by atoms with van der Waals surface area (Å²) in [4.78, 5) is 40.3. The van der Waals surface area contributed by atoms with E-state index in [1.54, 1.807) is 38.1 Å². The molecule has 0 aliphatic heterocycles. The molecule has 150 valence electrons. The molecule has 0 radical (unpaired) electrons. The van der Waals surface area contributed by atoms with E-state index in [2.05, 4.69) is 10.3 Å². The molecule has 0 unspecified atom stereocenters. The van der Waals surface area contributed by atoms with Gasteiger partial charge >= 0.3 is 5.97 Å². The number of ether oxygens (including phenoxy) is 2. The van der Waals surface area contributed by atoms with E-state index in [4.69, 9.17) is 14.6 Å². The number of nitrogens with one attached hydrogen (secondary N) is 2. The third kappa shape index (κ3) is 5.05. The highest BCUT2D eigenvalue weighted by molar-refractivity contribution is 6.43. The quantitative estimate of drug-likeness (QED) is 0.246. The number of amides is 1. The first-order valence-electron chi connectivity index (χ1n) is 8.97. The molecule has 0 bridgehead atoms. The number of aliphatic hydroxyl groups excluding tert-OH is 1. The van der Waals surface area contributed by atoms with Crippen molar-refractivity contribution in [3.8, 4) is 11.1 Å². The molecule has 0 fully saturated rings. The van der Waals surface area contributed by atoms with E-state index in [1.165, 1.54) is 0 Å². The highest BCUT2D eigenvalue weighted by Gasteiger charge is 2.29. The lowest BCUT2D eigenvalue weighted by atomic mass is 9.98. The van der Waals surface area contributed by atoms with Crippen LogP contribution >= 0.6 is 0 Å². The molecule has 3 N–H and O–H groups in total. The standard InChI is InChI=1S/C20H24N2O6/c1-3-28-20(26)15-13(2)22-17(16(15)14-7-5-4-6-8-14)18(24)19(25)21-9-11-27-12-10-23/h4-8,22-23H,3,9-12H2,1-2H3,(H,21,25). The van der Waals surface area contributed by atoms with Gasteiger partial charge in [-0.05, 0) is 19.4 Å². The Bertz CT molecular complexity index is 829. The largest absolute Gasteiger partial charge is 0.462 e. The van der Waals surface area contributed by atoms with Gasteiger partial charge in [-0.3, -0.25) is 9.59 Å². The van der Waals surface area contributed by atoms with Crippen molar-refractivity contribution in [1.82, 2.24) is 10.3 Å². The van der Waals surface area contributed by atoms with Crippen LogP contribution in [-0.4, -0.2) is 60.7 Å². The highest BCUT2D eigenvalue weighted by Crippen LogP contribution is 2.31. The number of benzene rings is 1. The highest BCUT2D eigenvalue weighted by atomic mass is 16.5. The van der Waals surface area contributed by atoms with Crippen LogP contribution in [0.5, 0.6) is 0 Å². The Labute approximate surface area is 162 Å². The molecule has 2 rings (SSSR count). The van der Waals surface area contributed by atoms with Gasteiger partial charge in [0.1, 0.15) is 5.69 Å². The second-order valence-corrected chi connectivity index (χ2v) is 5.88. The minimum Gasteiger partial charge on any atom is -0.462 e. The van der Waals surface area contributed by atoms with Crippen molar-refractivity contribution < 1.29 is 29.0 Å². The Balaban J connectivity index is 2.33. The van der Waals surface area contributed by atoms with E-state index in [0.717, 1.165) is 0 Å². The SMILES string of the molecule is CCOC(=O)c1c(C)[nH]c(C(=O)C(=O)NCCOCCO)c1-c1ccccc1. The van der Waals surface area contributed by atoms with Gasteiger partial charge < -0.3 is 24.9 Å². The van der Waals surface area contributed by atoms with Crippen LogP contribution in [0.15, 0.2) is 30.3 Å².